The van der Waals surface area contributed by atoms with Crippen molar-refractivity contribution in [3.05, 3.63) is 33.8 Å². The third kappa shape index (κ3) is 5.37. The lowest BCUT2D eigenvalue weighted by Crippen LogP contribution is -3.13. The van der Waals surface area contributed by atoms with Crippen molar-refractivity contribution >= 4 is 40.3 Å². The monoisotopic (exact) mass is 407 g/mol. The Balaban J connectivity index is 1.62. The molecule has 0 amide bonds. The van der Waals surface area contributed by atoms with Crippen LogP contribution in [-0.2, 0) is 22.6 Å². The summed E-state index contributed by atoms with van der Waals surface area (Å²) in [6.07, 6.45) is 2.95. The molecule has 2 N–H and O–H groups in total. The van der Waals surface area contributed by atoms with Gasteiger partial charge in [0.15, 0.2) is 10.6 Å². The quantitative estimate of drug-likeness (QED) is 0.546. The van der Waals surface area contributed by atoms with Crippen LogP contribution in [-0.4, -0.2) is 35.4 Å². The van der Waals surface area contributed by atoms with Gasteiger partial charge in [-0.2, -0.15) is 4.68 Å². The molecule has 146 valence electrons. The van der Waals surface area contributed by atoms with Gasteiger partial charge >= 0.3 is 5.97 Å². The van der Waals surface area contributed by atoms with Gasteiger partial charge in [-0.25, -0.2) is 0 Å². The zero-order chi connectivity index (χ0) is 19.2. The number of rotatable bonds is 7. The average molecular weight is 408 g/mol. The normalized spacial score (nSPS) is 19.6. The van der Waals surface area contributed by atoms with E-state index in [0.717, 1.165) is 47.1 Å². The van der Waals surface area contributed by atoms with Gasteiger partial charge in [-0.15, -0.1) is 5.10 Å². The molecule has 0 saturated carbocycles. The highest BCUT2D eigenvalue weighted by Crippen LogP contribution is 2.20. The first-order valence-corrected chi connectivity index (χ1v) is 10.8. The molecule has 27 heavy (non-hydrogen) atoms. The maximum absolute atomic E-state index is 12.0. The number of aromatic nitrogens is 2. The number of quaternary nitrogens is 1. The van der Waals surface area contributed by atoms with E-state index in [0.29, 0.717) is 13.3 Å². The Morgan fingerprint density at radius 2 is 2.19 bits per heavy atom. The van der Waals surface area contributed by atoms with Gasteiger partial charge in [0.2, 0.25) is 5.13 Å². The SMILES string of the molecule is CCOC(=O)[C@@H]1CCC[NH+](Cn2nc(Nc3ccc(CC)cc3)sc2=S)C1. The molecule has 3 rings (SSSR count). The molecule has 2 aromatic rings. The first-order valence-electron chi connectivity index (χ1n) is 9.53. The number of benzene rings is 1. The fourth-order valence-corrected chi connectivity index (χ4v) is 4.40. The van der Waals surface area contributed by atoms with Gasteiger partial charge in [-0.3, -0.25) is 4.79 Å². The topological polar surface area (TPSA) is 60.6 Å². The average Bonchev–Trinajstić information content (AvgIpc) is 3.01. The predicted molar refractivity (Wildman–Crippen MR) is 110 cm³/mol. The van der Waals surface area contributed by atoms with E-state index in [-0.39, 0.29) is 11.9 Å². The molecule has 1 fully saturated rings. The van der Waals surface area contributed by atoms with Crippen LogP contribution in [0.1, 0.15) is 32.3 Å². The van der Waals surface area contributed by atoms with E-state index < -0.39 is 0 Å². The number of nitrogens with one attached hydrogen (secondary N) is 2. The number of aryl methyl sites for hydroxylation is 1. The minimum Gasteiger partial charge on any atom is -0.466 e. The molecular formula is C19H27N4O2S2+. The maximum Gasteiger partial charge on any atom is 0.314 e. The minimum absolute atomic E-state index is 0.0174. The maximum atomic E-state index is 12.0. The molecule has 1 unspecified atom stereocenters. The lowest BCUT2D eigenvalue weighted by atomic mass is 9.99. The van der Waals surface area contributed by atoms with Crippen molar-refractivity contribution in [2.45, 2.75) is 39.8 Å². The molecule has 0 bridgehead atoms. The first-order chi connectivity index (χ1) is 13.1. The lowest BCUT2D eigenvalue weighted by Gasteiger charge is -2.28. The Hall–Kier alpha value is -1.77. The number of hydrogen-bond donors (Lipinski definition) is 2. The number of carbonyl (C=O) groups is 1. The molecular weight excluding hydrogens is 380 g/mol. The minimum atomic E-state index is -0.0746. The molecule has 2 atom stereocenters. The number of nitrogens with zero attached hydrogens (tertiary/aromatic N) is 2. The lowest BCUT2D eigenvalue weighted by molar-refractivity contribution is -0.930. The van der Waals surface area contributed by atoms with Crippen LogP contribution < -0.4 is 10.2 Å². The van der Waals surface area contributed by atoms with E-state index in [9.17, 15) is 4.79 Å². The van der Waals surface area contributed by atoms with Crippen molar-refractivity contribution in [3.63, 3.8) is 0 Å². The number of piperidine rings is 1. The van der Waals surface area contributed by atoms with Gasteiger partial charge in [0.05, 0.1) is 19.7 Å². The van der Waals surface area contributed by atoms with Crippen LogP contribution in [0.2, 0.25) is 0 Å². The van der Waals surface area contributed by atoms with Crippen molar-refractivity contribution in [3.8, 4) is 0 Å². The molecule has 6 nitrogen and oxygen atoms in total. The van der Waals surface area contributed by atoms with Gasteiger partial charge in [0.25, 0.3) is 0 Å². The third-order valence-corrected chi connectivity index (χ3v) is 6.05. The summed E-state index contributed by atoms with van der Waals surface area (Å²) >= 11 is 6.97. The second-order valence-electron chi connectivity index (χ2n) is 6.80. The molecule has 8 heteroatoms. The summed E-state index contributed by atoms with van der Waals surface area (Å²) in [5.41, 5.74) is 2.32. The summed E-state index contributed by atoms with van der Waals surface area (Å²) in [5.74, 6) is -0.0920. The second-order valence-corrected chi connectivity index (χ2v) is 8.42. The fourth-order valence-electron chi connectivity index (χ4n) is 3.37. The number of anilines is 2. The molecule has 0 radical (unpaired) electrons. The third-order valence-electron chi connectivity index (χ3n) is 4.83. The van der Waals surface area contributed by atoms with E-state index in [1.54, 1.807) is 0 Å². The second kappa shape index (κ2) is 9.43. The van der Waals surface area contributed by atoms with Crippen molar-refractivity contribution in [2.24, 2.45) is 5.92 Å². The van der Waals surface area contributed by atoms with E-state index in [2.05, 4.69) is 41.6 Å². The largest absolute Gasteiger partial charge is 0.466 e. The number of ether oxygens (including phenoxy) is 1. The van der Waals surface area contributed by atoms with Gasteiger partial charge in [0.1, 0.15) is 5.92 Å². The van der Waals surface area contributed by atoms with Crippen molar-refractivity contribution in [1.82, 2.24) is 9.78 Å². The molecule has 1 aliphatic heterocycles. The molecule has 0 aliphatic carbocycles. The summed E-state index contributed by atoms with van der Waals surface area (Å²) in [5, 5.41) is 8.76. The van der Waals surface area contributed by atoms with Crippen LogP contribution in [0.3, 0.4) is 0 Å². The Kier molecular flexibility index (Phi) is 6.98. The zero-order valence-corrected chi connectivity index (χ0v) is 17.5. The van der Waals surface area contributed by atoms with Gasteiger partial charge in [-0.05, 0) is 56.1 Å². The van der Waals surface area contributed by atoms with Gasteiger partial charge < -0.3 is 15.0 Å². The molecule has 0 spiro atoms. The van der Waals surface area contributed by atoms with Crippen LogP contribution >= 0.6 is 23.6 Å². The highest BCUT2D eigenvalue weighted by Gasteiger charge is 2.30. The Morgan fingerprint density at radius 3 is 2.89 bits per heavy atom. The van der Waals surface area contributed by atoms with Crippen molar-refractivity contribution in [1.29, 1.82) is 0 Å². The number of hydrogen-bond acceptors (Lipinski definition) is 6. The summed E-state index contributed by atoms with van der Waals surface area (Å²) in [6.45, 7) is 6.92. The standard InChI is InChI=1S/C19H26N4O2S2/c1-3-14-7-9-16(10-8-14)20-18-21-23(19(26)27-18)13-22-11-5-6-15(12-22)17(24)25-4-2/h7-10,15H,3-6,11-13H2,1-2H3,(H,20,21)/p+1/t15-/m1/s1. The fraction of sp³-hybridized carbons (Fsp3) is 0.526. The molecule has 1 aromatic carbocycles. The molecule has 1 aromatic heterocycles. The summed E-state index contributed by atoms with van der Waals surface area (Å²) in [6, 6.07) is 8.36. The van der Waals surface area contributed by atoms with E-state index in [1.807, 2.05) is 11.6 Å². The van der Waals surface area contributed by atoms with Crippen LogP contribution in [0.4, 0.5) is 10.8 Å². The zero-order valence-electron chi connectivity index (χ0n) is 15.9. The van der Waals surface area contributed by atoms with E-state index in [4.69, 9.17) is 17.0 Å². The Bertz CT molecular complexity index is 816. The highest BCUT2D eigenvalue weighted by atomic mass is 32.1. The van der Waals surface area contributed by atoms with Gasteiger partial charge in [-0.1, -0.05) is 30.4 Å². The summed E-state index contributed by atoms with van der Waals surface area (Å²) < 4.78 is 7.80. The predicted octanol–water partition coefficient (Wildman–Crippen LogP) is 2.80. The first kappa shape index (κ1) is 20.0. The van der Waals surface area contributed by atoms with Crippen LogP contribution in [0.5, 0.6) is 0 Å². The summed E-state index contributed by atoms with van der Waals surface area (Å²) in [7, 11) is 0. The number of likely N-dealkylation sites (tertiary alicyclic amines) is 1. The summed E-state index contributed by atoms with van der Waals surface area (Å²) in [4.78, 5) is 13.3. The van der Waals surface area contributed by atoms with Gasteiger partial charge in [0, 0.05) is 5.69 Å². The van der Waals surface area contributed by atoms with E-state index in [1.165, 1.54) is 21.8 Å². The number of esters is 1. The molecule has 1 saturated heterocycles. The van der Waals surface area contributed by atoms with E-state index >= 15 is 0 Å². The van der Waals surface area contributed by atoms with Crippen LogP contribution in [0.15, 0.2) is 24.3 Å². The van der Waals surface area contributed by atoms with Crippen molar-refractivity contribution in [2.75, 3.05) is 25.0 Å². The molecule has 1 aliphatic rings. The smallest absolute Gasteiger partial charge is 0.314 e. The van der Waals surface area contributed by atoms with Crippen LogP contribution in [0.25, 0.3) is 0 Å². The Labute approximate surface area is 169 Å². The number of carbonyl (C=O) groups excluding carboxylic acids is 1. The van der Waals surface area contributed by atoms with Crippen LogP contribution in [0, 0.1) is 9.87 Å². The Morgan fingerprint density at radius 1 is 1.41 bits per heavy atom. The van der Waals surface area contributed by atoms with Crippen molar-refractivity contribution < 1.29 is 14.4 Å². The molecule has 2 heterocycles. The highest BCUT2D eigenvalue weighted by molar-refractivity contribution is 7.73.